The van der Waals surface area contributed by atoms with Gasteiger partial charge in [-0.15, -0.1) is 0 Å². The number of hydrogen-bond donors (Lipinski definition) is 3. The number of aliphatic carboxylic acids is 1. The van der Waals surface area contributed by atoms with Crippen molar-refractivity contribution < 1.29 is 19.8 Å². The van der Waals surface area contributed by atoms with Crippen molar-refractivity contribution in [3.63, 3.8) is 0 Å². The van der Waals surface area contributed by atoms with Gasteiger partial charge in [-0.3, -0.25) is 4.79 Å². The Bertz CT molecular complexity index is 2080. The third-order valence-electron chi connectivity index (χ3n) is 15.0. The lowest BCUT2D eigenvalue weighted by atomic mass is 9.55. The van der Waals surface area contributed by atoms with Gasteiger partial charge in [-0.1, -0.05) is 136 Å². The topological polar surface area (TPSA) is 101 Å². The van der Waals surface area contributed by atoms with E-state index in [2.05, 4.69) is 98.0 Å². The highest BCUT2D eigenvalue weighted by Crippen LogP contribution is 2.52. The lowest BCUT2D eigenvalue weighted by molar-refractivity contribution is -0.145. The standard InChI is InChI=1S/C54H69NO4/c1-2-3-5-18-46-35-45(24-25-52(46)57)50-32-39-13-12-20-49(31-39)54(28-26-44-33-41-16-8-9-17-42(41)34-48(44)36-54)51(53(58)59)21-11-10-15-40(50)14-6-4-7-19-47(37-56)43-23-22-38(30-43)27-29-55/h8-13,16-17,20,24-25,30-31,33-35,37,40,43-44,47-48,50-51,57H,2-7,14-15,18-19,21-23,26-29,32,36,55H2,1H3,(H,58,59)/b11-10-/t40-,43-,44+,47+,48+,50+,51-,54+/m0/s1. The van der Waals surface area contributed by atoms with Gasteiger partial charge in [-0.2, -0.15) is 0 Å². The second kappa shape index (κ2) is 20.4. The fourth-order valence-electron chi connectivity index (χ4n) is 11.6. The van der Waals surface area contributed by atoms with Crippen LogP contribution >= 0.6 is 0 Å². The molecule has 4 aliphatic rings. The monoisotopic (exact) mass is 796 g/mol. The molecular formula is C54H69NO4. The summed E-state index contributed by atoms with van der Waals surface area (Å²) in [6.07, 6.45) is 30.4. The second-order valence-electron chi connectivity index (χ2n) is 18.6. The third kappa shape index (κ3) is 10.2. The number of unbranched alkanes of at least 4 members (excludes halogenated alkanes) is 4. The zero-order valence-corrected chi connectivity index (χ0v) is 35.6. The zero-order chi connectivity index (χ0) is 41.2. The first kappa shape index (κ1) is 42.9. The Kier molecular flexibility index (Phi) is 14.8. The van der Waals surface area contributed by atoms with Crippen molar-refractivity contribution in [1.29, 1.82) is 0 Å². The van der Waals surface area contributed by atoms with Crippen molar-refractivity contribution >= 4 is 24.4 Å². The molecule has 314 valence electrons. The van der Waals surface area contributed by atoms with Crippen LogP contribution in [0.25, 0.3) is 12.2 Å². The van der Waals surface area contributed by atoms with Crippen LogP contribution in [0, 0.1) is 35.5 Å². The number of rotatable bonds is 16. The molecule has 0 aliphatic heterocycles. The number of carboxylic acid groups (broad SMARTS) is 1. The normalized spacial score (nSPS) is 27.5. The van der Waals surface area contributed by atoms with E-state index in [1.807, 2.05) is 6.07 Å². The van der Waals surface area contributed by atoms with Gasteiger partial charge in [0.05, 0.1) is 5.92 Å². The molecule has 0 saturated heterocycles. The Labute approximate surface area is 353 Å². The Hall–Kier alpha value is -4.22. The number of aldehydes is 1. The summed E-state index contributed by atoms with van der Waals surface area (Å²) < 4.78 is 0. The minimum Gasteiger partial charge on any atom is -0.508 e. The molecule has 5 heteroatoms. The molecule has 7 rings (SSSR count). The lowest BCUT2D eigenvalue weighted by Crippen LogP contribution is -2.47. The highest BCUT2D eigenvalue weighted by atomic mass is 16.4. The fourth-order valence-corrected chi connectivity index (χ4v) is 11.6. The average molecular weight is 796 g/mol. The molecule has 0 heterocycles. The average Bonchev–Trinajstić information content (AvgIpc) is 3.71. The number of fused-ring (bicyclic) bond motifs is 5. The van der Waals surface area contributed by atoms with Gasteiger partial charge in [-0.25, -0.2) is 0 Å². The molecule has 3 aromatic carbocycles. The maximum atomic E-state index is 13.5. The molecule has 1 spiro atoms. The predicted octanol–water partition coefficient (Wildman–Crippen LogP) is 10.5. The molecule has 3 aromatic rings. The van der Waals surface area contributed by atoms with E-state index in [-0.39, 0.29) is 11.8 Å². The molecule has 5 nitrogen and oxygen atoms in total. The van der Waals surface area contributed by atoms with Gasteiger partial charge in [0.25, 0.3) is 0 Å². The van der Waals surface area contributed by atoms with Gasteiger partial charge < -0.3 is 20.7 Å². The minimum atomic E-state index is -0.692. The molecule has 4 N–H and O–H groups in total. The number of phenols is 1. The maximum absolute atomic E-state index is 13.5. The van der Waals surface area contributed by atoms with Crippen LogP contribution in [0.15, 0.2) is 90.5 Å². The molecule has 1 saturated carbocycles. The highest BCUT2D eigenvalue weighted by molar-refractivity contribution is 5.73. The van der Waals surface area contributed by atoms with Gasteiger partial charge >= 0.3 is 5.97 Å². The van der Waals surface area contributed by atoms with E-state index in [1.54, 1.807) is 0 Å². The number of carbonyl (C=O) groups excluding carboxylic acids is 1. The number of hydrogen-bond acceptors (Lipinski definition) is 4. The third-order valence-corrected chi connectivity index (χ3v) is 15.0. The predicted molar refractivity (Wildman–Crippen MR) is 241 cm³/mol. The van der Waals surface area contributed by atoms with Crippen LogP contribution in [0.3, 0.4) is 0 Å². The highest BCUT2D eigenvalue weighted by Gasteiger charge is 2.49. The Morgan fingerprint density at radius 3 is 2.47 bits per heavy atom. The first-order valence-electron chi connectivity index (χ1n) is 23.2. The number of allylic oxidation sites excluding steroid dienone is 3. The zero-order valence-electron chi connectivity index (χ0n) is 35.6. The van der Waals surface area contributed by atoms with E-state index in [9.17, 15) is 19.8 Å². The molecule has 0 amide bonds. The van der Waals surface area contributed by atoms with Crippen LogP contribution < -0.4 is 16.2 Å². The number of aromatic hydroxyl groups is 1. The van der Waals surface area contributed by atoms with E-state index < -0.39 is 17.3 Å². The molecule has 8 atom stereocenters. The van der Waals surface area contributed by atoms with Gasteiger partial charge in [0.2, 0.25) is 0 Å². The van der Waals surface area contributed by atoms with Crippen molar-refractivity contribution in [3.8, 4) is 5.75 Å². The van der Waals surface area contributed by atoms with Crippen LogP contribution in [0.1, 0.15) is 138 Å². The molecule has 59 heavy (non-hydrogen) atoms. The van der Waals surface area contributed by atoms with Crippen molar-refractivity contribution in [2.45, 2.75) is 134 Å². The summed E-state index contributed by atoms with van der Waals surface area (Å²) in [4.78, 5) is 25.7. The van der Waals surface area contributed by atoms with E-state index in [0.29, 0.717) is 42.4 Å². The summed E-state index contributed by atoms with van der Waals surface area (Å²) in [7, 11) is 0. The quantitative estimate of drug-likeness (QED) is 0.0762. The van der Waals surface area contributed by atoms with Crippen molar-refractivity contribution in [2.24, 2.45) is 41.2 Å². The summed E-state index contributed by atoms with van der Waals surface area (Å²) in [5.41, 5.74) is 11.6. The van der Waals surface area contributed by atoms with Crippen molar-refractivity contribution in [2.75, 3.05) is 6.54 Å². The van der Waals surface area contributed by atoms with Gasteiger partial charge in [-0.05, 0) is 158 Å². The maximum Gasteiger partial charge on any atom is 0.307 e. The first-order chi connectivity index (χ1) is 28.8. The van der Waals surface area contributed by atoms with Crippen LogP contribution in [0.5, 0.6) is 5.75 Å². The number of nitrogens with two attached hydrogens (primary N) is 1. The second-order valence-corrected chi connectivity index (χ2v) is 18.6. The van der Waals surface area contributed by atoms with Crippen molar-refractivity contribution in [1.82, 2.24) is 0 Å². The summed E-state index contributed by atoms with van der Waals surface area (Å²) in [6.45, 7) is 2.89. The van der Waals surface area contributed by atoms with Gasteiger partial charge in [0.1, 0.15) is 12.0 Å². The fraction of sp³-hybridized carbons (Fsp3) is 0.519. The Morgan fingerprint density at radius 2 is 1.69 bits per heavy atom. The van der Waals surface area contributed by atoms with E-state index in [4.69, 9.17) is 5.73 Å². The van der Waals surface area contributed by atoms with E-state index >= 15 is 0 Å². The van der Waals surface area contributed by atoms with Crippen LogP contribution in [0.2, 0.25) is 0 Å². The Balaban J connectivity index is 1.17. The van der Waals surface area contributed by atoms with Crippen LogP contribution in [-0.4, -0.2) is 29.0 Å². The number of benzene rings is 3. The SMILES string of the molecule is CCCCCc1cc([C@@H]2Cc3cccc(c3)[C@]3(CC[C@@H]4C=c5ccccc5=C[C@@H]4C3)[C@H](C(=O)O)C/C=C\C[C@@H]2CCCCC[C@H](C=O)[C@@H]2C=C(CCN)CC2)ccc1O. The van der Waals surface area contributed by atoms with Gasteiger partial charge in [0, 0.05) is 11.3 Å². The summed E-state index contributed by atoms with van der Waals surface area (Å²) in [5.74, 6) is 0.944. The van der Waals surface area contributed by atoms with E-state index in [1.165, 1.54) is 39.0 Å². The molecule has 0 radical (unpaired) electrons. The number of phenolic OH excluding ortho intramolecular Hbond substituents is 1. The number of carboxylic acids is 1. The molecule has 4 aliphatic carbocycles. The molecule has 0 aromatic heterocycles. The van der Waals surface area contributed by atoms with Crippen molar-refractivity contribution in [3.05, 3.63) is 123 Å². The molecular weight excluding hydrogens is 727 g/mol. The van der Waals surface area contributed by atoms with Gasteiger partial charge in [0.15, 0.2) is 0 Å². The Morgan fingerprint density at radius 1 is 0.881 bits per heavy atom. The largest absolute Gasteiger partial charge is 0.508 e. The number of aryl methyl sites for hydroxylation is 1. The first-order valence-corrected chi connectivity index (χ1v) is 23.2. The van der Waals surface area contributed by atoms with Crippen LogP contribution in [0.4, 0.5) is 0 Å². The molecule has 0 unspecified atom stereocenters. The van der Waals surface area contributed by atoms with Crippen LogP contribution in [-0.2, 0) is 27.8 Å². The lowest BCUT2D eigenvalue weighted by Gasteiger charge is -2.48. The summed E-state index contributed by atoms with van der Waals surface area (Å²) >= 11 is 0. The molecule has 1 fully saturated rings. The molecule has 2 bridgehead atoms. The smallest absolute Gasteiger partial charge is 0.307 e. The summed E-state index contributed by atoms with van der Waals surface area (Å²) in [6, 6.07) is 24.1. The number of carbonyl (C=O) groups is 2. The van der Waals surface area contributed by atoms with E-state index in [0.717, 1.165) is 115 Å². The minimum absolute atomic E-state index is 0.0863. The summed E-state index contributed by atoms with van der Waals surface area (Å²) in [5, 5.41) is 24.6.